The van der Waals surface area contributed by atoms with Crippen molar-refractivity contribution in [3.63, 3.8) is 0 Å². The Bertz CT molecular complexity index is 246. The first-order chi connectivity index (χ1) is 8.30. The van der Waals surface area contributed by atoms with Gasteiger partial charge in [0.1, 0.15) is 0 Å². The number of hydrogen-bond acceptors (Lipinski definition) is 1. The maximum absolute atomic E-state index is 6.77. The van der Waals surface area contributed by atoms with Crippen molar-refractivity contribution in [2.75, 3.05) is 0 Å². The summed E-state index contributed by atoms with van der Waals surface area (Å²) in [5.74, 6) is 1.64. The number of hydrogen-bond donors (Lipinski definition) is 1. The van der Waals surface area contributed by atoms with Gasteiger partial charge in [0, 0.05) is 5.54 Å². The zero-order valence-corrected chi connectivity index (χ0v) is 13.4. The van der Waals surface area contributed by atoms with Gasteiger partial charge in [-0.1, -0.05) is 60.3 Å². The van der Waals surface area contributed by atoms with Gasteiger partial charge in [-0.05, 0) is 42.9 Å². The summed E-state index contributed by atoms with van der Waals surface area (Å²) in [4.78, 5) is 0. The predicted molar refractivity (Wildman–Crippen MR) is 81.6 cm³/mol. The molecule has 1 rings (SSSR count). The lowest BCUT2D eigenvalue weighted by molar-refractivity contribution is 0.0877. The minimum atomic E-state index is 0.107. The zero-order chi connectivity index (χ0) is 13.8. The summed E-state index contributed by atoms with van der Waals surface area (Å²) in [6.07, 6.45) is 10.4. The van der Waals surface area contributed by atoms with E-state index in [9.17, 15) is 0 Å². The first-order valence-corrected chi connectivity index (χ1v) is 8.09. The Morgan fingerprint density at radius 1 is 1.22 bits per heavy atom. The fourth-order valence-electron chi connectivity index (χ4n) is 4.48. The third-order valence-electron chi connectivity index (χ3n) is 4.73. The quantitative estimate of drug-likeness (QED) is 0.697. The van der Waals surface area contributed by atoms with Gasteiger partial charge >= 0.3 is 0 Å². The molecular formula is C17H35N. The van der Waals surface area contributed by atoms with E-state index < -0.39 is 0 Å². The molecule has 1 heteroatoms. The summed E-state index contributed by atoms with van der Waals surface area (Å²) < 4.78 is 0. The Balaban J connectivity index is 2.61. The highest BCUT2D eigenvalue weighted by Crippen LogP contribution is 2.45. The molecule has 3 atom stereocenters. The molecule has 0 bridgehead atoms. The second kappa shape index (κ2) is 6.41. The number of rotatable bonds is 6. The van der Waals surface area contributed by atoms with Gasteiger partial charge in [0.15, 0.2) is 0 Å². The van der Waals surface area contributed by atoms with Crippen LogP contribution < -0.4 is 5.73 Å². The normalized spacial score (nSPS) is 33.3. The van der Waals surface area contributed by atoms with Gasteiger partial charge in [0.2, 0.25) is 0 Å². The van der Waals surface area contributed by atoms with Crippen molar-refractivity contribution in [3.05, 3.63) is 0 Å². The largest absolute Gasteiger partial charge is 0.325 e. The van der Waals surface area contributed by atoms with E-state index in [1.54, 1.807) is 0 Å². The SMILES string of the molecule is CCCCC(CC)CC1(N)CC(C)CC(C)(C)C1. The highest BCUT2D eigenvalue weighted by molar-refractivity contribution is 4.97. The van der Waals surface area contributed by atoms with Crippen LogP contribution in [-0.4, -0.2) is 5.54 Å². The standard InChI is InChI=1S/C17H35N/c1-6-8-9-15(7-2)12-17(18)11-14(3)10-16(4,5)13-17/h14-15H,6-13,18H2,1-5H3. The molecule has 0 amide bonds. The van der Waals surface area contributed by atoms with E-state index in [0.717, 1.165) is 11.8 Å². The van der Waals surface area contributed by atoms with Crippen molar-refractivity contribution in [3.8, 4) is 0 Å². The second-order valence-corrected chi connectivity index (χ2v) is 7.84. The zero-order valence-electron chi connectivity index (χ0n) is 13.4. The number of unbranched alkanes of at least 4 members (excludes halogenated alkanes) is 1. The van der Waals surface area contributed by atoms with Gasteiger partial charge in [-0.3, -0.25) is 0 Å². The molecular weight excluding hydrogens is 218 g/mol. The van der Waals surface area contributed by atoms with Crippen molar-refractivity contribution in [2.45, 2.75) is 91.5 Å². The average Bonchev–Trinajstić information content (AvgIpc) is 2.20. The Hall–Kier alpha value is -0.0400. The van der Waals surface area contributed by atoms with Gasteiger partial charge in [0.05, 0.1) is 0 Å². The monoisotopic (exact) mass is 253 g/mol. The minimum Gasteiger partial charge on any atom is -0.325 e. The lowest BCUT2D eigenvalue weighted by atomic mass is 9.62. The molecule has 0 aromatic carbocycles. The molecule has 1 aliphatic carbocycles. The van der Waals surface area contributed by atoms with E-state index in [1.165, 1.54) is 51.4 Å². The average molecular weight is 253 g/mol. The molecule has 0 aromatic rings. The Labute approximate surface area is 115 Å². The molecule has 0 heterocycles. The molecule has 0 spiro atoms. The van der Waals surface area contributed by atoms with E-state index in [0.29, 0.717) is 5.41 Å². The van der Waals surface area contributed by atoms with Crippen molar-refractivity contribution in [1.82, 2.24) is 0 Å². The lowest BCUT2D eigenvalue weighted by Gasteiger charge is -2.47. The van der Waals surface area contributed by atoms with Gasteiger partial charge in [0.25, 0.3) is 0 Å². The Kier molecular flexibility index (Phi) is 5.70. The fourth-order valence-corrected chi connectivity index (χ4v) is 4.48. The van der Waals surface area contributed by atoms with Crippen LogP contribution in [0.15, 0.2) is 0 Å². The highest BCUT2D eigenvalue weighted by atomic mass is 14.8. The van der Waals surface area contributed by atoms with Crippen LogP contribution in [0.2, 0.25) is 0 Å². The fraction of sp³-hybridized carbons (Fsp3) is 1.00. The van der Waals surface area contributed by atoms with Gasteiger partial charge in [-0.25, -0.2) is 0 Å². The summed E-state index contributed by atoms with van der Waals surface area (Å²) in [6.45, 7) is 11.8. The molecule has 2 N–H and O–H groups in total. The van der Waals surface area contributed by atoms with E-state index in [4.69, 9.17) is 5.73 Å². The van der Waals surface area contributed by atoms with Crippen LogP contribution in [0.4, 0.5) is 0 Å². The second-order valence-electron chi connectivity index (χ2n) is 7.84. The van der Waals surface area contributed by atoms with E-state index in [-0.39, 0.29) is 5.54 Å². The third-order valence-corrected chi connectivity index (χ3v) is 4.73. The number of nitrogens with two attached hydrogens (primary N) is 1. The summed E-state index contributed by atoms with van der Waals surface area (Å²) in [5, 5.41) is 0. The smallest absolute Gasteiger partial charge is 0.0164 e. The summed E-state index contributed by atoms with van der Waals surface area (Å²) in [6, 6.07) is 0. The highest BCUT2D eigenvalue weighted by Gasteiger charge is 2.40. The molecule has 1 nitrogen and oxygen atoms in total. The first kappa shape index (κ1) is 16.0. The molecule has 1 saturated carbocycles. The summed E-state index contributed by atoms with van der Waals surface area (Å²) >= 11 is 0. The van der Waals surface area contributed by atoms with Crippen molar-refractivity contribution in [2.24, 2.45) is 23.0 Å². The third kappa shape index (κ3) is 4.91. The van der Waals surface area contributed by atoms with Crippen LogP contribution in [-0.2, 0) is 0 Å². The van der Waals surface area contributed by atoms with Crippen LogP contribution in [0.5, 0.6) is 0 Å². The molecule has 108 valence electrons. The van der Waals surface area contributed by atoms with E-state index in [1.807, 2.05) is 0 Å². The van der Waals surface area contributed by atoms with Crippen molar-refractivity contribution >= 4 is 0 Å². The summed E-state index contributed by atoms with van der Waals surface area (Å²) in [7, 11) is 0. The maximum Gasteiger partial charge on any atom is 0.0164 e. The van der Waals surface area contributed by atoms with Gasteiger partial charge in [-0.15, -0.1) is 0 Å². The van der Waals surface area contributed by atoms with Gasteiger partial charge in [-0.2, -0.15) is 0 Å². The molecule has 0 aliphatic heterocycles. The van der Waals surface area contributed by atoms with Crippen LogP contribution >= 0.6 is 0 Å². The summed E-state index contributed by atoms with van der Waals surface area (Å²) in [5.41, 5.74) is 7.32. The molecule has 3 unspecified atom stereocenters. The van der Waals surface area contributed by atoms with Crippen LogP contribution in [0.25, 0.3) is 0 Å². The molecule has 0 radical (unpaired) electrons. The maximum atomic E-state index is 6.77. The molecule has 18 heavy (non-hydrogen) atoms. The van der Waals surface area contributed by atoms with Crippen LogP contribution in [0.1, 0.15) is 86.0 Å². The molecule has 0 saturated heterocycles. The topological polar surface area (TPSA) is 26.0 Å². The first-order valence-electron chi connectivity index (χ1n) is 8.09. The minimum absolute atomic E-state index is 0.107. The molecule has 0 aromatic heterocycles. The predicted octanol–water partition coefficient (Wildman–Crippen LogP) is 5.14. The van der Waals surface area contributed by atoms with Crippen LogP contribution in [0.3, 0.4) is 0 Å². The van der Waals surface area contributed by atoms with Crippen LogP contribution in [0, 0.1) is 17.3 Å². The Morgan fingerprint density at radius 2 is 1.89 bits per heavy atom. The van der Waals surface area contributed by atoms with Gasteiger partial charge < -0.3 is 5.73 Å². The molecule has 1 aliphatic rings. The van der Waals surface area contributed by atoms with Crippen molar-refractivity contribution < 1.29 is 0 Å². The van der Waals surface area contributed by atoms with Crippen molar-refractivity contribution in [1.29, 1.82) is 0 Å². The van der Waals surface area contributed by atoms with E-state index in [2.05, 4.69) is 34.6 Å². The lowest BCUT2D eigenvalue weighted by Crippen LogP contribution is -2.50. The molecule has 1 fully saturated rings. The Morgan fingerprint density at radius 3 is 2.39 bits per heavy atom. The van der Waals surface area contributed by atoms with E-state index >= 15 is 0 Å².